The molecule has 1 amide bonds. The molecule has 0 aliphatic carbocycles. The number of methoxy groups -OCH3 is 1. The number of hydrogen-bond donors (Lipinski definition) is 2. The molecule has 2 rings (SSSR count). The summed E-state index contributed by atoms with van der Waals surface area (Å²) in [6.45, 7) is 0. The van der Waals surface area contributed by atoms with E-state index in [2.05, 4.69) is 26.6 Å². The van der Waals surface area contributed by atoms with E-state index in [1.165, 1.54) is 0 Å². The van der Waals surface area contributed by atoms with Gasteiger partial charge in [-0.15, -0.1) is 0 Å². The van der Waals surface area contributed by atoms with Crippen LogP contribution in [0.1, 0.15) is 10.4 Å². The maximum atomic E-state index is 12.2. The fourth-order valence-corrected chi connectivity index (χ4v) is 2.06. The lowest BCUT2D eigenvalue weighted by atomic mass is 10.2. The Balaban J connectivity index is 2.18. The molecule has 5 heteroatoms. The van der Waals surface area contributed by atoms with Crippen LogP contribution in [-0.4, -0.2) is 20.1 Å². The van der Waals surface area contributed by atoms with Gasteiger partial charge in [-0.2, -0.15) is 0 Å². The third kappa shape index (κ3) is 3.30. The molecule has 0 aliphatic rings. The standard InChI is InChI=1S/C15H15BrN2O2/c1-17-11-5-3-10(4-6-11)15(19)18-14-9-12(20-2)7-8-13(14)16/h3-9,17H,1-2H3,(H,18,19). The molecule has 0 saturated heterocycles. The minimum atomic E-state index is -0.165. The lowest BCUT2D eigenvalue weighted by molar-refractivity contribution is 0.102. The molecule has 2 aromatic carbocycles. The summed E-state index contributed by atoms with van der Waals surface area (Å²) in [5.74, 6) is 0.524. The van der Waals surface area contributed by atoms with E-state index in [0.717, 1.165) is 10.2 Å². The van der Waals surface area contributed by atoms with Crippen LogP contribution in [0.5, 0.6) is 5.75 Å². The summed E-state index contributed by atoms with van der Waals surface area (Å²) < 4.78 is 5.95. The average Bonchev–Trinajstić information content (AvgIpc) is 2.49. The number of anilines is 2. The predicted octanol–water partition coefficient (Wildman–Crippen LogP) is 3.75. The van der Waals surface area contributed by atoms with Crippen LogP contribution in [0.15, 0.2) is 46.9 Å². The van der Waals surface area contributed by atoms with Gasteiger partial charge in [-0.3, -0.25) is 4.79 Å². The van der Waals surface area contributed by atoms with E-state index in [9.17, 15) is 4.79 Å². The van der Waals surface area contributed by atoms with Crippen LogP contribution in [-0.2, 0) is 0 Å². The molecule has 0 aliphatic heterocycles. The second kappa shape index (κ2) is 6.43. The lowest BCUT2D eigenvalue weighted by Crippen LogP contribution is -2.12. The van der Waals surface area contributed by atoms with E-state index in [4.69, 9.17) is 4.74 Å². The van der Waals surface area contributed by atoms with E-state index in [-0.39, 0.29) is 5.91 Å². The fraction of sp³-hybridized carbons (Fsp3) is 0.133. The van der Waals surface area contributed by atoms with Gasteiger partial charge < -0.3 is 15.4 Å². The molecule has 104 valence electrons. The summed E-state index contributed by atoms with van der Waals surface area (Å²) >= 11 is 3.40. The van der Waals surface area contributed by atoms with E-state index >= 15 is 0 Å². The number of halogens is 1. The molecule has 0 saturated carbocycles. The molecular weight excluding hydrogens is 320 g/mol. The zero-order chi connectivity index (χ0) is 14.5. The highest BCUT2D eigenvalue weighted by molar-refractivity contribution is 9.10. The SMILES string of the molecule is CNc1ccc(C(=O)Nc2cc(OC)ccc2Br)cc1. The van der Waals surface area contributed by atoms with Crippen molar-refractivity contribution in [3.63, 3.8) is 0 Å². The van der Waals surface area contributed by atoms with Crippen molar-refractivity contribution in [2.75, 3.05) is 24.8 Å². The molecule has 0 aromatic heterocycles. The summed E-state index contributed by atoms with van der Waals surface area (Å²) in [7, 11) is 3.42. The topological polar surface area (TPSA) is 50.4 Å². The minimum Gasteiger partial charge on any atom is -0.497 e. The van der Waals surface area contributed by atoms with E-state index in [0.29, 0.717) is 17.0 Å². The Morgan fingerprint density at radius 2 is 1.85 bits per heavy atom. The Hall–Kier alpha value is -2.01. The molecule has 0 atom stereocenters. The van der Waals surface area contributed by atoms with Crippen molar-refractivity contribution >= 4 is 33.2 Å². The summed E-state index contributed by atoms with van der Waals surface area (Å²) in [6.07, 6.45) is 0. The van der Waals surface area contributed by atoms with Crippen molar-refractivity contribution in [1.29, 1.82) is 0 Å². The molecule has 4 nitrogen and oxygen atoms in total. The van der Waals surface area contributed by atoms with Gasteiger partial charge in [0.2, 0.25) is 0 Å². The Morgan fingerprint density at radius 3 is 2.45 bits per heavy atom. The van der Waals surface area contributed by atoms with Gasteiger partial charge in [-0.05, 0) is 52.3 Å². The van der Waals surface area contributed by atoms with Crippen molar-refractivity contribution in [3.05, 3.63) is 52.5 Å². The van der Waals surface area contributed by atoms with Gasteiger partial charge >= 0.3 is 0 Å². The first-order valence-electron chi connectivity index (χ1n) is 6.06. The van der Waals surface area contributed by atoms with Gasteiger partial charge in [-0.1, -0.05) is 0 Å². The van der Waals surface area contributed by atoms with E-state index in [1.54, 1.807) is 25.3 Å². The third-order valence-corrected chi connectivity index (χ3v) is 3.55. The van der Waals surface area contributed by atoms with Crippen molar-refractivity contribution in [2.24, 2.45) is 0 Å². The molecule has 2 N–H and O–H groups in total. The van der Waals surface area contributed by atoms with E-state index in [1.807, 2.05) is 31.3 Å². The number of benzene rings is 2. The highest BCUT2D eigenvalue weighted by atomic mass is 79.9. The van der Waals surface area contributed by atoms with Crippen LogP contribution < -0.4 is 15.4 Å². The minimum absolute atomic E-state index is 0.165. The number of carbonyl (C=O) groups excluding carboxylic acids is 1. The van der Waals surface area contributed by atoms with Crippen molar-refractivity contribution < 1.29 is 9.53 Å². The van der Waals surface area contributed by atoms with Crippen molar-refractivity contribution in [2.45, 2.75) is 0 Å². The van der Waals surface area contributed by atoms with Crippen molar-refractivity contribution in [1.82, 2.24) is 0 Å². The summed E-state index contributed by atoms with van der Waals surface area (Å²) in [4.78, 5) is 12.2. The first-order chi connectivity index (χ1) is 9.63. The Kier molecular flexibility index (Phi) is 4.63. The maximum Gasteiger partial charge on any atom is 0.255 e. The second-order valence-electron chi connectivity index (χ2n) is 4.13. The number of hydrogen-bond acceptors (Lipinski definition) is 3. The Morgan fingerprint density at radius 1 is 1.15 bits per heavy atom. The number of rotatable bonds is 4. The van der Waals surface area contributed by atoms with Gasteiger partial charge in [0.05, 0.1) is 12.8 Å². The molecular formula is C15H15BrN2O2. The van der Waals surface area contributed by atoms with Crippen LogP contribution in [0.2, 0.25) is 0 Å². The molecule has 0 fully saturated rings. The molecule has 2 aromatic rings. The highest BCUT2D eigenvalue weighted by Crippen LogP contribution is 2.27. The van der Waals surface area contributed by atoms with Gasteiger partial charge in [0.25, 0.3) is 5.91 Å². The van der Waals surface area contributed by atoms with Crippen LogP contribution >= 0.6 is 15.9 Å². The molecule has 0 unspecified atom stereocenters. The first kappa shape index (κ1) is 14.4. The largest absolute Gasteiger partial charge is 0.497 e. The number of amides is 1. The van der Waals surface area contributed by atoms with E-state index < -0.39 is 0 Å². The number of carbonyl (C=O) groups is 1. The molecule has 0 spiro atoms. The average molecular weight is 335 g/mol. The molecule has 20 heavy (non-hydrogen) atoms. The zero-order valence-electron chi connectivity index (χ0n) is 11.2. The summed E-state index contributed by atoms with van der Waals surface area (Å²) in [5.41, 5.74) is 2.23. The van der Waals surface area contributed by atoms with Crippen molar-refractivity contribution in [3.8, 4) is 5.75 Å². The quantitative estimate of drug-likeness (QED) is 0.895. The van der Waals surface area contributed by atoms with Crippen LogP contribution in [0.4, 0.5) is 11.4 Å². The molecule has 0 bridgehead atoms. The Labute approximate surface area is 126 Å². The smallest absolute Gasteiger partial charge is 0.255 e. The van der Waals surface area contributed by atoms with Gasteiger partial charge in [0.15, 0.2) is 0 Å². The van der Waals surface area contributed by atoms with Crippen LogP contribution in [0.25, 0.3) is 0 Å². The normalized spacial score (nSPS) is 9.95. The second-order valence-corrected chi connectivity index (χ2v) is 4.98. The summed E-state index contributed by atoms with van der Waals surface area (Å²) in [5, 5.41) is 5.86. The van der Waals surface area contributed by atoms with Crippen LogP contribution in [0, 0.1) is 0 Å². The molecule has 0 radical (unpaired) electrons. The Bertz CT molecular complexity index is 612. The first-order valence-corrected chi connectivity index (χ1v) is 6.86. The number of nitrogens with one attached hydrogen (secondary N) is 2. The zero-order valence-corrected chi connectivity index (χ0v) is 12.8. The third-order valence-electron chi connectivity index (χ3n) is 2.86. The lowest BCUT2D eigenvalue weighted by Gasteiger charge is -2.09. The van der Waals surface area contributed by atoms with Gasteiger partial charge in [0, 0.05) is 28.8 Å². The molecule has 0 heterocycles. The maximum absolute atomic E-state index is 12.2. The van der Waals surface area contributed by atoms with Gasteiger partial charge in [-0.25, -0.2) is 0 Å². The summed E-state index contributed by atoms with van der Waals surface area (Å²) in [6, 6.07) is 12.7. The van der Waals surface area contributed by atoms with Gasteiger partial charge in [0.1, 0.15) is 5.75 Å². The highest BCUT2D eigenvalue weighted by Gasteiger charge is 2.09. The predicted molar refractivity (Wildman–Crippen MR) is 84.6 cm³/mol. The fourth-order valence-electron chi connectivity index (χ4n) is 1.71. The number of ether oxygens (including phenoxy) is 1. The van der Waals surface area contributed by atoms with Crippen LogP contribution in [0.3, 0.4) is 0 Å². The monoisotopic (exact) mass is 334 g/mol.